The lowest BCUT2D eigenvalue weighted by atomic mass is 9.91. The first-order valence-corrected chi connectivity index (χ1v) is 7.28. The van der Waals surface area contributed by atoms with E-state index in [1.54, 1.807) is 36.2 Å². The highest BCUT2D eigenvalue weighted by molar-refractivity contribution is 5.94. The predicted molar refractivity (Wildman–Crippen MR) is 80.8 cm³/mol. The summed E-state index contributed by atoms with van der Waals surface area (Å²) in [4.78, 5) is 14.2. The molecule has 21 heavy (non-hydrogen) atoms. The number of hydrogen-bond donors (Lipinski definition) is 2. The molecule has 112 valence electrons. The van der Waals surface area contributed by atoms with Gasteiger partial charge in [0, 0.05) is 18.2 Å². The van der Waals surface area contributed by atoms with Gasteiger partial charge in [-0.05, 0) is 31.0 Å². The van der Waals surface area contributed by atoms with Crippen molar-refractivity contribution in [2.45, 2.75) is 37.8 Å². The normalized spacial score (nSPS) is 21.3. The molecule has 2 rings (SSSR count). The van der Waals surface area contributed by atoms with Crippen molar-refractivity contribution in [3.63, 3.8) is 0 Å². The predicted octanol–water partition coefficient (Wildman–Crippen LogP) is 1.41. The Bertz CT molecular complexity index is 559. The lowest BCUT2D eigenvalue weighted by molar-refractivity contribution is 0.0268. The van der Waals surface area contributed by atoms with Gasteiger partial charge in [0.15, 0.2) is 0 Å². The van der Waals surface area contributed by atoms with E-state index in [1.807, 2.05) is 0 Å². The fourth-order valence-electron chi connectivity index (χ4n) is 2.77. The molecule has 0 spiro atoms. The van der Waals surface area contributed by atoms with Crippen LogP contribution in [0.25, 0.3) is 0 Å². The molecule has 1 amide bonds. The molecular formula is C17H21NO3. The lowest BCUT2D eigenvalue weighted by Crippen LogP contribution is -2.46. The number of likely N-dealkylation sites (N-methyl/N-ethyl adjacent to an activating group) is 1. The molecule has 1 aromatic rings. The molecule has 0 heterocycles. The highest BCUT2D eigenvalue weighted by Gasteiger charge is 2.29. The second-order valence-corrected chi connectivity index (χ2v) is 5.38. The van der Waals surface area contributed by atoms with Gasteiger partial charge in [-0.25, -0.2) is 0 Å². The summed E-state index contributed by atoms with van der Waals surface area (Å²) >= 11 is 0. The van der Waals surface area contributed by atoms with Gasteiger partial charge in [0.1, 0.15) is 6.61 Å². The van der Waals surface area contributed by atoms with Crippen LogP contribution in [0.1, 0.15) is 41.6 Å². The maximum absolute atomic E-state index is 12.5. The van der Waals surface area contributed by atoms with Crippen LogP contribution in [0.15, 0.2) is 24.3 Å². The monoisotopic (exact) mass is 287 g/mol. The van der Waals surface area contributed by atoms with Crippen LogP contribution in [-0.4, -0.2) is 46.8 Å². The Hall–Kier alpha value is -1.83. The molecule has 4 nitrogen and oxygen atoms in total. The number of aliphatic hydroxyl groups excluding tert-OH is 2. The fourth-order valence-corrected chi connectivity index (χ4v) is 2.77. The van der Waals surface area contributed by atoms with Crippen molar-refractivity contribution in [1.82, 2.24) is 4.90 Å². The first kappa shape index (κ1) is 15.6. The van der Waals surface area contributed by atoms with Gasteiger partial charge in [-0.3, -0.25) is 4.79 Å². The Balaban J connectivity index is 2.15. The van der Waals surface area contributed by atoms with E-state index < -0.39 is 6.10 Å². The van der Waals surface area contributed by atoms with Crippen LogP contribution in [0.2, 0.25) is 0 Å². The SMILES string of the molecule is CN(C(=O)c1cccc(C#CCO)c1)C1CCCCC1O. The van der Waals surface area contributed by atoms with Crippen molar-refractivity contribution >= 4 is 5.91 Å². The van der Waals surface area contributed by atoms with Crippen molar-refractivity contribution in [3.8, 4) is 11.8 Å². The molecule has 1 saturated carbocycles. The number of amides is 1. The summed E-state index contributed by atoms with van der Waals surface area (Å²) in [7, 11) is 1.74. The molecule has 0 saturated heterocycles. The molecule has 0 aliphatic heterocycles. The quantitative estimate of drug-likeness (QED) is 0.808. The number of hydrogen-bond acceptors (Lipinski definition) is 3. The third-order valence-electron chi connectivity index (χ3n) is 3.93. The zero-order chi connectivity index (χ0) is 15.2. The van der Waals surface area contributed by atoms with Crippen molar-refractivity contribution < 1.29 is 15.0 Å². The minimum absolute atomic E-state index is 0.103. The molecule has 1 aliphatic carbocycles. The van der Waals surface area contributed by atoms with Gasteiger partial charge in [-0.15, -0.1) is 0 Å². The first-order chi connectivity index (χ1) is 10.1. The van der Waals surface area contributed by atoms with Crippen LogP contribution < -0.4 is 0 Å². The maximum Gasteiger partial charge on any atom is 0.253 e. The molecule has 0 bridgehead atoms. The molecule has 0 aromatic heterocycles. The van der Waals surface area contributed by atoms with Crippen molar-refractivity contribution in [2.75, 3.05) is 13.7 Å². The summed E-state index contributed by atoms with van der Waals surface area (Å²) in [5.41, 5.74) is 1.26. The van der Waals surface area contributed by atoms with Crippen LogP contribution in [0, 0.1) is 11.8 Å². The van der Waals surface area contributed by atoms with Crippen molar-refractivity contribution in [1.29, 1.82) is 0 Å². The summed E-state index contributed by atoms with van der Waals surface area (Å²) in [5, 5.41) is 18.8. The standard InChI is InChI=1S/C17H21NO3/c1-18(15-9-2-3-10-16(15)20)17(21)14-8-4-6-13(12-14)7-5-11-19/h4,6,8,12,15-16,19-20H,2-3,9-11H2,1H3. The number of carbonyl (C=O) groups excluding carboxylic acids is 1. The molecular weight excluding hydrogens is 266 g/mol. The average molecular weight is 287 g/mol. The van der Waals surface area contributed by atoms with Gasteiger partial charge in [0.05, 0.1) is 12.1 Å². The fraction of sp³-hybridized carbons (Fsp3) is 0.471. The van der Waals surface area contributed by atoms with E-state index in [1.165, 1.54) is 0 Å². The average Bonchev–Trinajstić information content (AvgIpc) is 2.52. The number of benzene rings is 1. The Labute approximate surface area is 125 Å². The highest BCUT2D eigenvalue weighted by atomic mass is 16.3. The molecule has 2 N–H and O–H groups in total. The van der Waals surface area contributed by atoms with Gasteiger partial charge < -0.3 is 15.1 Å². The summed E-state index contributed by atoms with van der Waals surface area (Å²) in [6.07, 6.45) is 3.22. The number of carbonyl (C=O) groups is 1. The minimum Gasteiger partial charge on any atom is -0.391 e. The van der Waals surface area contributed by atoms with Gasteiger partial charge in [-0.2, -0.15) is 0 Å². The van der Waals surface area contributed by atoms with Gasteiger partial charge in [0.2, 0.25) is 0 Å². The molecule has 4 heteroatoms. The number of rotatable bonds is 2. The smallest absolute Gasteiger partial charge is 0.253 e. The van der Waals surface area contributed by atoms with E-state index >= 15 is 0 Å². The minimum atomic E-state index is -0.440. The van der Waals surface area contributed by atoms with E-state index in [9.17, 15) is 9.90 Å². The Morgan fingerprint density at radius 1 is 1.38 bits per heavy atom. The van der Waals surface area contributed by atoms with Crippen LogP contribution in [-0.2, 0) is 0 Å². The first-order valence-electron chi connectivity index (χ1n) is 7.28. The van der Waals surface area contributed by atoms with Crippen LogP contribution in [0.3, 0.4) is 0 Å². The topological polar surface area (TPSA) is 60.8 Å². The molecule has 0 radical (unpaired) electrons. The molecule has 1 aliphatic rings. The summed E-state index contributed by atoms with van der Waals surface area (Å²) in [6.45, 7) is -0.202. The third-order valence-corrected chi connectivity index (χ3v) is 3.93. The zero-order valence-electron chi connectivity index (χ0n) is 12.2. The summed E-state index contributed by atoms with van der Waals surface area (Å²) in [5.74, 6) is 5.26. The van der Waals surface area contributed by atoms with E-state index in [0.717, 1.165) is 25.7 Å². The largest absolute Gasteiger partial charge is 0.391 e. The van der Waals surface area contributed by atoms with E-state index in [2.05, 4.69) is 11.8 Å². The van der Waals surface area contributed by atoms with Gasteiger partial charge in [0.25, 0.3) is 5.91 Å². The third kappa shape index (κ3) is 3.84. The second-order valence-electron chi connectivity index (χ2n) is 5.38. The zero-order valence-corrected chi connectivity index (χ0v) is 12.2. The van der Waals surface area contributed by atoms with Crippen molar-refractivity contribution in [3.05, 3.63) is 35.4 Å². The molecule has 2 unspecified atom stereocenters. The van der Waals surface area contributed by atoms with E-state index in [4.69, 9.17) is 5.11 Å². The lowest BCUT2D eigenvalue weighted by Gasteiger charge is -2.35. The van der Waals surface area contributed by atoms with E-state index in [0.29, 0.717) is 11.1 Å². The van der Waals surface area contributed by atoms with Gasteiger partial charge >= 0.3 is 0 Å². The molecule has 2 atom stereocenters. The van der Waals surface area contributed by atoms with E-state index in [-0.39, 0.29) is 18.6 Å². The number of nitrogens with zero attached hydrogens (tertiary/aromatic N) is 1. The van der Waals surface area contributed by atoms with Crippen LogP contribution in [0.4, 0.5) is 0 Å². The highest BCUT2D eigenvalue weighted by Crippen LogP contribution is 2.23. The van der Waals surface area contributed by atoms with Gasteiger partial charge in [-0.1, -0.05) is 30.7 Å². The molecule has 1 fully saturated rings. The Kier molecular flexibility index (Phi) is 5.38. The molecule has 1 aromatic carbocycles. The van der Waals surface area contributed by atoms with Crippen molar-refractivity contribution in [2.24, 2.45) is 0 Å². The van der Waals surface area contributed by atoms with Crippen LogP contribution >= 0.6 is 0 Å². The Morgan fingerprint density at radius 2 is 2.14 bits per heavy atom. The van der Waals surface area contributed by atoms with Crippen LogP contribution in [0.5, 0.6) is 0 Å². The maximum atomic E-state index is 12.5. The summed E-state index contributed by atoms with van der Waals surface area (Å²) in [6, 6.07) is 6.93. The Morgan fingerprint density at radius 3 is 2.86 bits per heavy atom. The number of aliphatic hydroxyl groups is 2. The second kappa shape index (κ2) is 7.26. The summed E-state index contributed by atoms with van der Waals surface area (Å²) < 4.78 is 0.